The zero-order valence-corrected chi connectivity index (χ0v) is 9.15. The van der Waals surface area contributed by atoms with Gasteiger partial charge in [0.15, 0.2) is 5.44 Å². The SMILES string of the molecule is O=P(O)(O)c1cc(-c2nccs2)ccn1. The molecule has 0 amide bonds. The number of aromatic nitrogens is 2. The fourth-order valence-electron chi connectivity index (χ4n) is 1.08. The van der Waals surface area contributed by atoms with Crippen molar-refractivity contribution < 1.29 is 14.4 Å². The highest BCUT2D eigenvalue weighted by atomic mass is 32.1. The summed E-state index contributed by atoms with van der Waals surface area (Å²) < 4.78 is 11.0. The molecule has 5 nitrogen and oxygen atoms in total. The van der Waals surface area contributed by atoms with Crippen LogP contribution in [0.3, 0.4) is 0 Å². The Kier molecular flexibility index (Phi) is 2.67. The molecule has 2 aromatic rings. The van der Waals surface area contributed by atoms with Crippen LogP contribution in [-0.2, 0) is 4.57 Å². The second-order valence-corrected chi connectivity index (χ2v) is 5.22. The molecule has 0 radical (unpaired) electrons. The van der Waals surface area contributed by atoms with Crippen molar-refractivity contribution in [3.8, 4) is 10.6 Å². The molecule has 0 aliphatic heterocycles. The molecule has 0 spiro atoms. The first-order valence-corrected chi connectivity index (χ1v) is 6.48. The molecular weight excluding hydrogens is 235 g/mol. The van der Waals surface area contributed by atoms with E-state index in [1.807, 2.05) is 0 Å². The van der Waals surface area contributed by atoms with Crippen molar-refractivity contribution in [1.29, 1.82) is 0 Å². The first-order chi connectivity index (χ1) is 7.07. The maximum absolute atomic E-state index is 11.0. The molecule has 0 aliphatic rings. The molecular formula is C8H7N2O3PS. The summed E-state index contributed by atoms with van der Waals surface area (Å²) in [6.07, 6.45) is 3.00. The number of thiazole rings is 1. The second-order valence-electron chi connectivity index (χ2n) is 2.78. The molecule has 0 saturated heterocycles. The van der Waals surface area contributed by atoms with Crippen molar-refractivity contribution in [2.45, 2.75) is 0 Å². The third kappa shape index (κ3) is 2.30. The molecule has 0 aromatic carbocycles. The van der Waals surface area contributed by atoms with E-state index < -0.39 is 7.60 Å². The van der Waals surface area contributed by atoms with E-state index in [-0.39, 0.29) is 5.44 Å². The van der Waals surface area contributed by atoms with Crippen LogP contribution < -0.4 is 5.44 Å². The predicted octanol–water partition coefficient (Wildman–Crippen LogP) is 1.01. The fraction of sp³-hybridized carbons (Fsp3) is 0. The van der Waals surface area contributed by atoms with Crippen molar-refractivity contribution in [2.24, 2.45) is 0 Å². The van der Waals surface area contributed by atoms with Gasteiger partial charge in [-0.1, -0.05) is 0 Å². The van der Waals surface area contributed by atoms with Crippen molar-refractivity contribution in [3.05, 3.63) is 29.9 Å². The van der Waals surface area contributed by atoms with Crippen LogP contribution in [0.25, 0.3) is 10.6 Å². The van der Waals surface area contributed by atoms with Gasteiger partial charge in [0.25, 0.3) is 0 Å². The van der Waals surface area contributed by atoms with Gasteiger partial charge in [-0.05, 0) is 12.1 Å². The number of hydrogen-bond acceptors (Lipinski definition) is 4. The first-order valence-electron chi connectivity index (χ1n) is 3.99. The third-order valence-electron chi connectivity index (χ3n) is 1.72. The topological polar surface area (TPSA) is 83.3 Å². The highest BCUT2D eigenvalue weighted by molar-refractivity contribution is 7.60. The number of pyridine rings is 1. The Balaban J connectivity index is 2.49. The van der Waals surface area contributed by atoms with E-state index in [0.717, 1.165) is 0 Å². The van der Waals surface area contributed by atoms with Gasteiger partial charge in [-0.25, -0.2) is 9.97 Å². The molecule has 0 aliphatic carbocycles. The fourth-order valence-corrected chi connectivity index (χ4v) is 2.24. The minimum absolute atomic E-state index is 0.227. The van der Waals surface area contributed by atoms with Gasteiger partial charge in [-0.3, -0.25) is 4.57 Å². The van der Waals surface area contributed by atoms with Crippen LogP contribution in [0.4, 0.5) is 0 Å². The summed E-state index contributed by atoms with van der Waals surface area (Å²) >= 11 is 1.40. The lowest BCUT2D eigenvalue weighted by Crippen LogP contribution is -2.08. The minimum atomic E-state index is -4.28. The average molecular weight is 242 g/mol. The van der Waals surface area contributed by atoms with Gasteiger partial charge >= 0.3 is 7.60 Å². The third-order valence-corrected chi connectivity index (χ3v) is 3.39. The molecule has 0 unspecified atom stereocenters. The molecule has 15 heavy (non-hydrogen) atoms. The zero-order valence-electron chi connectivity index (χ0n) is 7.44. The van der Waals surface area contributed by atoms with Crippen molar-refractivity contribution >= 4 is 24.4 Å². The van der Waals surface area contributed by atoms with Gasteiger partial charge in [-0.15, -0.1) is 11.3 Å². The lowest BCUT2D eigenvalue weighted by atomic mass is 10.3. The second kappa shape index (κ2) is 3.83. The zero-order chi connectivity index (χ0) is 10.9. The largest absolute Gasteiger partial charge is 0.374 e. The highest BCUT2D eigenvalue weighted by Gasteiger charge is 2.19. The standard InChI is InChI=1S/C8H7N2O3PS/c11-14(12,13)7-5-6(1-2-9-7)8-10-3-4-15-8/h1-5H,(H2,11,12,13). The molecule has 2 rings (SSSR count). The van der Waals surface area contributed by atoms with E-state index in [4.69, 9.17) is 9.79 Å². The monoisotopic (exact) mass is 242 g/mol. The molecule has 2 N–H and O–H groups in total. The molecule has 2 aromatic heterocycles. The Morgan fingerprint density at radius 3 is 2.67 bits per heavy atom. The predicted molar refractivity (Wildman–Crippen MR) is 57.0 cm³/mol. The van der Waals surface area contributed by atoms with Gasteiger partial charge in [0.05, 0.1) is 0 Å². The average Bonchev–Trinajstić information content (AvgIpc) is 2.69. The van der Waals surface area contributed by atoms with Crippen LogP contribution >= 0.6 is 18.9 Å². The van der Waals surface area contributed by atoms with Crippen molar-refractivity contribution in [3.63, 3.8) is 0 Å². The Morgan fingerprint density at radius 2 is 2.07 bits per heavy atom. The van der Waals surface area contributed by atoms with Crippen molar-refractivity contribution in [2.75, 3.05) is 0 Å². The first kappa shape index (κ1) is 10.4. The minimum Gasteiger partial charge on any atom is -0.320 e. The van der Waals surface area contributed by atoms with Gasteiger partial charge < -0.3 is 9.79 Å². The van der Waals surface area contributed by atoms with E-state index in [2.05, 4.69) is 9.97 Å². The summed E-state index contributed by atoms with van der Waals surface area (Å²) in [4.78, 5) is 25.6. The summed E-state index contributed by atoms with van der Waals surface area (Å²) in [5.41, 5.74) is 0.438. The van der Waals surface area contributed by atoms with Crippen LogP contribution in [0.5, 0.6) is 0 Å². The van der Waals surface area contributed by atoms with Crippen LogP contribution in [0.15, 0.2) is 29.9 Å². The van der Waals surface area contributed by atoms with E-state index >= 15 is 0 Å². The Labute approximate surface area is 89.6 Å². The van der Waals surface area contributed by atoms with Gasteiger partial charge in [0.2, 0.25) is 0 Å². The number of nitrogens with zero attached hydrogens (tertiary/aromatic N) is 2. The molecule has 2 heterocycles. The summed E-state index contributed by atoms with van der Waals surface area (Å²) in [6, 6.07) is 3.03. The maximum atomic E-state index is 11.0. The van der Waals surface area contributed by atoms with E-state index in [1.54, 1.807) is 17.6 Å². The van der Waals surface area contributed by atoms with Crippen molar-refractivity contribution in [1.82, 2.24) is 9.97 Å². The molecule has 0 fully saturated rings. The maximum Gasteiger partial charge on any atom is 0.374 e. The van der Waals surface area contributed by atoms with Gasteiger partial charge in [-0.2, -0.15) is 0 Å². The Hall–Kier alpha value is -1.07. The number of rotatable bonds is 2. The van der Waals surface area contributed by atoms with Crippen LogP contribution in [-0.4, -0.2) is 19.8 Å². The lowest BCUT2D eigenvalue weighted by Gasteiger charge is -2.03. The van der Waals surface area contributed by atoms with Crippen LogP contribution in [0.1, 0.15) is 0 Å². The van der Waals surface area contributed by atoms with E-state index in [0.29, 0.717) is 10.6 Å². The smallest absolute Gasteiger partial charge is 0.320 e. The molecule has 78 valence electrons. The molecule has 0 saturated carbocycles. The molecule has 7 heteroatoms. The molecule has 0 atom stereocenters. The van der Waals surface area contributed by atoms with Crippen LogP contribution in [0, 0.1) is 0 Å². The van der Waals surface area contributed by atoms with E-state index in [9.17, 15) is 4.57 Å². The summed E-state index contributed by atoms with van der Waals surface area (Å²) in [7, 11) is -4.28. The van der Waals surface area contributed by atoms with E-state index in [1.165, 1.54) is 23.6 Å². The molecule has 0 bridgehead atoms. The summed E-state index contributed by atoms with van der Waals surface area (Å²) in [5, 5.41) is 2.51. The van der Waals surface area contributed by atoms with Crippen LogP contribution in [0.2, 0.25) is 0 Å². The number of hydrogen-bond donors (Lipinski definition) is 2. The normalized spacial score (nSPS) is 11.6. The summed E-state index contributed by atoms with van der Waals surface area (Å²) in [5.74, 6) is 0. The van der Waals surface area contributed by atoms with Gasteiger partial charge in [0, 0.05) is 23.3 Å². The van der Waals surface area contributed by atoms with Gasteiger partial charge in [0.1, 0.15) is 5.01 Å². The Bertz CT molecular complexity index is 508. The lowest BCUT2D eigenvalue weighted by molar-refractivity contribution is 0.386. The Morgan fingerprint density at radius 1 is 1.27 bits per heavy atom. The quantitative estimate of drug-likeness (QED) is 0.768. The summed E-state index contributed by atoms with van der Waals surface area (Å²) in [6.45, 7) is 0. The highest BCUT2D eigenvalue weighted by Crippen LogP contribution is 2.33.